The molecule has 0 spiro atoms. The number of hydrogen-bond donors (Lipinski definition) is 1. The van der Waals surface area contributed by atoms with Crippen LogP contribution in [0, 0.1) is 0 Å². The van der Waals surface area contributed by atoms with Crippen molar-refractivity contribution in [1.29, 1.82) is 0 Å². The normalized spacial score (nSPS) is 18.1. The van der Waals surface area contributed by atoms with Gasteiger partial charge in [-0.3, -0.25) is 4.90 Å². The SMILES string of the molecule is CS(=O)(=O)N1CCC(Nc2ncc(C(F)(F)F)c(-c3cn(-c4cccc(CCN5CCOCC5)c4Cl)cn3)n2)CC1. The molecular weight excluding hydrogens is 583 g/mol. The number of morpholine rings is 1. The third-order valence-electron chi connectivity index (χ3n) is 7.31. The molecule has 2 fully saturated rings. The first-order valence-electron chi connectivity index (χ1n) is 13.3. The molecule has 5 rings (SSSR count). The zero-order valence-electron chi connectivity index (χ0n) is 22.4. The predicted molar refractivity (Wildman–Crippen MR) is 149 cm³/mol. The number of aromatic nitrogens is 4. The second-order valence-electron chi connectivity index (χ2n) is 10.2. The standard InChI is InChI=1S/C26H31ClF3N7O3S/c1-41(38,39)37-9-6-19(7-10-37)33-25-31-15-20(26(28,29)30)24(34-25)21-16-36(17-32-21)22-4-2-3-18(23(22)27)5-8-35-11-13-40-14-12-35/h2-4,15-17,19H,5-14H2,1H3,(H,31,33,34). The summed E-state index contributed by atoms with van der Waals surface area (Å²) in [6.45, 7) is 4.56. The summed E-state index contributed by atoms with van der Waals surface area (Å²) in [6, 6.07) is 5.40. The van der Waals surface area contributed by atoms with Crippen molar-refractivity contribution >= 4 is 27.6 Å². The van der Waals surface area contributed by atoms with E-state index in [1.807, 2.05) is 12.1 Å². The van der Waals surface area contributed by atoms with Crippen molar-refractivity contribution in [1.82, 2.24) is 28.7 Å². The second-order valence-corrected chi connectivity index (χ2v) is 12.5. The van der Waals surface area contributed by atoms with Crippen LogP contribution < -0.4 is 5.32 Å². The van der Waals surface area contributed by atoms with Gasteiger partial charge in [-0.15, -0.1) is 0 Å². The Labute approximate surface area is 241 Å². The van der Waals surface area contributed by atoms with E-state index in [2.05, 4.69) is 25.2 Å². The van der Waals surface area contributed by atoms with Gasteiger partial charge in [0.05, 0.1) is 30.2 Å². The lowest BCUT2D eigenvalue weighted by atomic mass is 10.1. The third kappa shape index (κ3) is 7.17. The van der Waals surface area contributed by atoms with Gasteiger partial charge in [0, 0.05) is 51.2 Å². The highest BCUT2D eigenvalue weighted by Gasteiger charge is 2.36. The van der Waals surface area contributed by atoms with Crippen LogP contribution in [0.15, 0.2) is 36.9 Å². The number of nitrogens with one attached hydrogen (secondary N) is 1. The lowest BCUT2D eigenvalue weighted by Gasteiger charge is -2.30. The molecule has 2 aliphatic heterocycles. The number of anilines is 1. The first-order valence-corrected chi connectivity index (χ1v) is 15.5. The zero-order valence-corrected chi connectivity index (χ0v) is 24.0. The average Bonchev–Trinajstić information content (AvgIpc) is 3.42. The van der Waals surface area contributed by atoms with E-state index in [0.717, 1.165) is 44.1 Å². The summed E-state index contributed by atoms with van der Waals surface area (Å²) in [4.78, 5) is 14.6. The van der Waals surface area contributed by atoms with Crippen LogP contribution in [0.4, 0.5) is 19.1 Å². The van der Waals surface area contributed by atoms with Gasteiger partial charge in [0.1, 0.15) is 23.3 Å². The van der Waals surface area contributed by atoms with Gasteiger partial charge in [-0.05, 0) is 30.9 Å². The molecule has 15 heteroatoms. The number of piperidine rings is 1. The highest BCUT2D eigenvalue weighted by Crippen LogP contribution is 2.36. The number of benzene rings is 1. The van der Waals surface area contributed by atoms with Gasteiger partial charge < -0.3 is 14.6 Å². The Kier molecular flexibility index (Phi) is 8.85. The molecule has 0 aliphatic carbocycles. The summed E-state index contributed by atoms with van der Waals surface area (Å²) in [5.74, 6) is 0.0171. The minimum atomic E-state index is -4.70. The molecule has 0 radical (unpaired) electrons. The molecule has 222 valence electrons. The van der Waals surface area contributed by atoms with Crippen LogP contribution in [0.5, 0.6) is 0 Å². The van der Waals surface area contributed by atoms with Crippen molar-refractivity contribution < 1.29 is 26.3 Å². The fraction of sp³-hybridized carbons (Fsp3) is 0.500. The van der Waals surface area contributed by atoms with Gasteiger partial charge in [-0.1, -0.05) is 23.7 Å². The molecule has 0 atom stereocenters. The first-order chi connectivity index (χ1) is 19.5. The summed E-state index contributed by atoms with van der Waals surface area (Å²) in [6.07, 6.45) is 1.75. The van der Waals surface area contributed by atoms with Crippen LogP contribution in [0.1, 0.15) is 24.0 Å². The summed E-state index contributed by atoms with van der Waals surface area (Å²) >= 11 is 6.74. The monoisotopic (exact) mass is 613 g/mol. The molecule has 3 aromatic rings. The van der Waals surface area contributed by atoms with E-state index >= 15 is 0 Å². The minimum absolute atomic E-state index is 0.0171. The van der Waals surface area contributed by atoms with Crippen LogP contribution in [0.3, 0.4) is 0 Å². The van der Waals surface area contributed by atoms with Gasteiger partial charge in [0.2, 0.25) is 16.0 Å². The van der Waals surface area contributed by atoms with Crippen LogP contribution >= 0.6 is 11.6 Å². The number of rotatable bonds is 8. The molecule has 4 heterocycles. The maximum absolute atomic E-state index is 13.9. The first kappa shape index (κ1) is 29.7. The number of ether oxygens (including phenoxy) is 1. The van der Waals surface area contributed by atoms with Gasteiger partial charge in [-0.2, -0.15) is 13.2 Å². The zero-order chi connectivity index (χ0) is 29.2. The molecule has 1 aromatic carbocycles. The Morgan fingerprint density at radius 1 is 1.12 bits per heavy atom. The van der Waals surface area contributed by atoms with Crippen molar-refractivity contribution in [2.24, 2.45) is 0 Å². The van der Waals surface area contributed by atoms with Gasteiger partial charge in [0.15, 0.2) is 0 Å². The lowest BCUT2D eigenvalue weighted by molar-refractivity contribution is -0.137. The van der Waals surface area contributed by atoms with Crippen molar-refractivity contribution in [3.8, 4) is 17.1 Å². The fourth-order valence-electron chi connectivity index (χ4n) is 5.01. The molecular formula is C26H31ClF3N7O3S. The average molecular weight is 614 g/mol. The summed E-state index contributed by atoms with van der Waals surface area (Å²) in [5, 5.41) is 3.56. The Bertz CT molecular complexity index is 1470. The number of alkyl halides is 3. The van der Waals surface area contributed by atoms with Gasteiger partial charge >= 0.3 is 6.18 Å². The molecule has 2 aromatic heterocycles. The molecule has 0 amide bonds. The Morgan fingerprint density at radius 2 is 1.85 bits per heavy atom. The number of hydrogen-bond acceptors (Lipinski definition) is 8. The molecule has 10 nitrogen and oxygen atoms in total. The van der Waals surface area contributed by atoms with E-state index in [4.69, 9.17) is 16.3 Å². The second kappa shape index (κ2) is 12.2. The van der Waals surface area contributed by atoms with E-state index in [-0.39, 0.29) is 23.4 Å². The van der Waals surface area contributed by atoms with Crippen LogP contribution in [0.2, 0.25) is 5.02 Å². The molecule has 0 bridgehead atoms. The van der Waals surface area contributed by atoms with E-state index in [1.54, 1.807) is 10.6 Å². The van der Waals surface area contributed by atoms with Crippen LogP contribution in [0.25, 0.3) is 17.1 Å². The fourth-order valence-corrected chi connectivity index (χ4v) is 6.20. The largest absolute Gasteiger partial charge is 0.420 e. The number of imidazole rings is 1. The molecule has 2 aliphatic rings. The van der Waals surface area contributed by atoms with E-state index < -0.39 is 21.8 Å². The number of halogens is 4. The minimum Gasteiger partial charge on any atom is -0.379 e. The molecule has 1 N–H and O–H groups in total. The maximum atomic E-state index is 13.9. The van der Waals surface area contributed by atoms with Crippen molar-refractivity contribution in [2.75, 3.05) is 57.5 Å². The lowest BCUT2D eigenvalue weighted by Crippen LogP contribution is -2.42. The van der Waals surface area contributed by atoms with E-state index in [0.29, 0.717) is 49.9 Å². The quantitative estimate of drug-likeness (QED) is 0.410. The Hall–Kier alpha value is -2.78. The molecule has 0 saturated carbocycles. The number of nitrogens with zero attached hydrogens (tertiary/aromatic N) is 6. The topological polar surface area (TPSA) is 105 Å². The van der Waals surface area contributed by atoms with E-state index in [9.17, 15) is 21.6 Å². The third-order valence-corrected chi connectivity index (χ3v) is 9.05. The van der Waals surface area contributed by atoms with Crippen molar-refractivity contribution in [3.05, 3.63) is 53.1 Å². The summed E-state index contributed by atoms with van der Waals surface area (Å²) < 4.78 is 73.7. The summed E-state index contributed by atoms with van der Waals surface area (Å²) in [5.41, 5.74) is 0.178. The van der Waals surface area contributed by atoms with Crippen molar-refractivity contribution in [2.45, 2.75) is 31.5 Å². The van der Waals surface area contributed by atoms with Gasteiger partial charge in [0.25, 0.3) is 0 Å². The smallest absolute Gasteiger partial charge is 0.379 e. The molecule has 0 unspecified atom stereocenters. The van der Waals surface area contributed by atoms with E-state index in [1.165, 1.54) is 16.8 Å². The molecule has 41 heavy (non-hydrogen) atoms. The maximum Gasteiger partial charge on any atom is 0.420 e. The summed E-state index contributed by atoms with van der Waals surface area (Å²) in [7, 11) is -3.30. The van der Waals surface area contributed by atoms with Crippen molar-refractivity contribution in [3.63, 3.8) is 0 Å². The highest BCUT2D eigenvalue weighted by atomic mass is 35.5. The predicted octanol–water partition coefficient (Wildman–Crippen LogP) is 3.71. The Morgan fingerprint density at radius 3 is 2.54 bits per heavy atom. The van der Waals surface area contributed by atoms with Crippen LogP contribution in [-0.4, -0.2) is 95.4 Å². The van der Waals surface area contributed by atoms with Crippen LogP contribution in [-0.2, 0) is 27.4 Å². The molecule has 2 saturated heterocycles. The van der Waals surface area contributed by atoms with Gasteiger partial charge in [-0.25, -0.2) is 27.7 Å². The number of sulfonamides is 1. The Balaban J connectivity index is 1.36. The highest BCUT2D eigenvalue weighted by molar-refractivity contribution is 7.88.